The molecule has 0 N–H and O–H groups in total. The fourth-order valence-electron chi connectivity index (χ4n) is 0.861. The minimum atomic E-state index is -0.423. The minimum absolute atomic E-state index is 0.144. The minimum Gasteiger partial charge on any atom is -0.127 e. The number of halogens is 5. The van der Waals surface area contributed by atoms with Gasteiger partial charge in [0.25, 0.3) is 0 Å². The van der Waals surface area contributed by atoms with Crippen LogP contribution in [0.15, 0.2) is 23.3 Å². The first-order valence-electron chi connectivity index (χ1n) is 4.06. The van der Waals surface area contributed by atoms with E-state index in [4.69, 9.17) is 58.0 Å². The van der Waals surface area contributed by atoms with Crippen molar-refractivity contribution in [3.8, 4) is 0 Å². The number of alkyl halides is 4. The maximum Gasteiger partial charge on any atom is 0.111 e. The van der Waals surface area contributed by atoms with E-state index in [2.05, 4.69) is 0 Å². The summed E-state index contributed by atoms with van der Waals surface area (Å²) in [7, 11) is 0. The lowest BCUT2D eigenvalue weighted by Crippen LogP contribution is -2.02. The van der Waals surface area contributed by atoms with Gasteiger partial charge >= 0.3 is 0 Å². The number of hydrogen-bond acceptors (Lipinski definition) is 0. The molecule has 0 radical (unpaired) electrons. The molecule has 0 aromatic heterocycles. The van der Waals surface area contributed by atoms with Gasteiger partial charge in [-0.15, -0.1) is 46.4 Å². The average Bonchev–Trinajstić information content (AvgIpc) is 2.12. The molecule has 0 aliphatic carbocycles. The molecule has 5 heteroatoms. The van der Waals surface area contributed by atoms with Crippen molar-refractivity contribution in [1.29, 1.82) is 0 Å². The molecule has 0 heterocycles. The van der Waals surface area contributed by atoms with Crippen LogP contribution in [0.2, 0.25) is 0 Å². The molecule has 0 fully saturated rings. The van der Waals surface area contributed by atoms with Crippen LogP contribution >= 0.6 is 58.0 Å². The molecule has 14 heavy (non-hydrogen) atoms. The Kier molecular flexibility index (Phi) is 9.79. The lowest BCUT2D eigenvalue weighted by Gasteiger charge is -2.09. The van der Waals surface area contributed by atoms with E-state index in [0.717, 1.165) is 5.57 Å². The van der Waals surface area contributed by atoms with Crippen LogP contribution in [0.25, 0.3) is 0 Å². The highest BCUT2D eigenvalue weighted by molar-refractivity contribution is 6.44. The van der Waals surface area contributed by atoms with Crippen molar-refractivity contribution < 1.29 is 0 Å². The van der Waals surface area contributed by atoms with Gasteiger partial charge in [-0.3, -0.25) is 0 Å². The van der Waals surface area contributed by atoms with Gasteiger partial charge in [-0.05, 0) is 24.5 Å². The van der Waals surface area contributed by atoms with Gasteiger partial charge in [-0.25, -0.2) is 0 Å². The normalized spacial score (nSPS) is 15.4. The second-order valence-corrected chi connectivity index (χ2v) is 5.00. The van der Waals surface area contributed by atoms with Crippen molar-refractivity contribution in [2.24, 2.45) is 0 Å². The zero-order chi connectivity index (χ0) is 11.0. The Labute approximate surface area is 110 Å². The molecule has 0 amide bonds. The molecule has 0 aliphatic heterocycles. The topological polar surface area (TPSA) is 0 Å². The summed E-state index contributed by atoms with van der Waals surface area (Å²) in [4.78, 5) is -0.423. The molecule has 1 atom stereocenters. The lowest BCUT2D eigenvalue weighted by molar-refractivity contribution is 0.930. The highest BCUT2D eigenvalue weighted by atomic mass is 35.5. The highest BCUT2D eigenvalue weighted by Crippen LogP contribution is 2.19. The third-order valence-electron chi connectivity index (χ3n) is 1.51. The Hall–Kier alpha value is 0.930. The second kappa shape index (κ2) is 9.18. The SMILES string of the molecule is ClC=CC(=CCC(Cl)Cl)C(Cl)CCCl. The van der Waals surface area contributed by atoms with Gasteiger partial charge in [0, 0.05) is 11.4 Å². The van der Waals surface area contributed by atoms with Crippen LogP contribution in [0.3, 0.4) is 0 Å². The maximum absolute atomic E-state index is 6.06. The molecule has 0 aromatic rings. The zero-order valence-corrected chi connectivity index (χ0v) is 11.2. The van der Waals surface area contributed by atoms with Crippen molar-refractivity contribution in [3.05, 3.63) is 23.3 Å². The number of rotatable bonds is 6. The van der Waals surface area contributed by atoms with Crippen molar-refractivity contribution in [2.75, 3.05) is 5.88 Å². The lowest BCUT2D eigenvalue weighted by atomic mass is 10.1. The van der Waals surface area contributed by atoms with Gasteiger partial charge in [-0.1, -0.05) is 17.7 Å². The fourth-order valence-corrected chi connectivity index (χ4v) is 1.79. The van der Waals surface area contributed by atoms with E-state index in [0.29, 0.717) is 18.7 Å². The van der Waals surface area contributed by atoms with Crippen LogP contribution in [-0.2, 0) is 0 Å². The molecule has 0 saturated heterocycles. The summed E-state index contributed by atoms with van der Waals surface area (Å²) in [5.74, 6) is 0.507. The first kappa shape index (κ1) is 14.9. The first-order chi connectivity index (χ1) is 6.61. The van der Waals surface area contributed by atoms with Crippen LogP contribution in [-0.4, -0.2) is 16.1 Å². The average molecular weight is 296 g/mol. The fraction of sp³-hybridized carbons (Fsp3) is 0.556. The summed E-state index contributed by atoms with van der Waals surface area (Å²) >= 11 is 28.3. The second-order valence-electron chi connectivity index (χ2n) is 2.57. The largest absolute Gasteiger partial charge is 0.127 e. The van der Waals surface area contributed by atoms with Gasteiger partial charge in [0.15, 0.2) is 0 Å². The van der Waals surface area contributed by atoms with Crippen LogP contribution in [0.4, 0.5) is 0 Å². The Morgan fingerprint density at radius 3 is 2.29 bits per heavy atom. The predicted octanol–water partition coefficient (Wildman–Crippen LogP) is 5.10. The molecule has 0 rings (SSSR count). The van der Waals surface area contributed by atoms with Gasteiger partial charge in [0.2, 0.25) is 0 Å². The van der Waals surface area contributed by atoms with Crippen molar-refractivity contribution in [2.45, 2.75) is 23.1 Å². The smallest absolute Gasteiger partial charge is 0.111 e. The third-order valence-corrected chi connectivity index (χ3v) is 2.68. The van der Waals surface area contributed by atoms with E-state index >= 15 is 0 Å². The van der Waals surface area contributed by atoms with Gasteiger partial charge in [0.1, 0.15) is 4.84 Å². The van der Waals surface area contributed by atoms with Crippen LogP contribution < -0.4 is 0 Å². The molecular weight excluding hydrogens is 285 g/mol. The Balaban J connectivity index is 4.33. The maximum atomic E-state index is 6.06. The van der Waals surface area contributed by atoms with Crippen LogP contribution in [0, 0.1) is 0 Å². The molecule has 0 aromatic carbocycles. The van der Waals surface area contributed by atoms with E-state index in [9.17, 15) is 0 Å². The van der Waals surface area contributed by atoms with Crippen LogP contribution in [0.1, 0.15) is 12.8 Å². The van der Waals surface area contributed by atoms with Crippen molar-refractivity contribution >= 4 is 58.0 Å². The van der Waals surface area contributed by atoms with Gasteiger partial charge in [0.05, 0.1) is 5.38 Å². The van der Waals surface area contributed by atoms with E-state index in [1.807, 2.05) is 6.08 Å². The van der Waals surface area contributed by atoms with Gasteiger partial charge < -0.3 is 0 Å². The van der Waals surface area contributed by atoms with E-state index in [1.165, 1.54) is 5.54 Å². The zero-order valence-electron chi connectivity index (χ0n) is 7.40. The predicted molar refractivity (Wildman–Crippen MR) is 68.2 cm³/mol. The summed E-state index contributed by atoms with van der Waals surface area (Å²) in [6.07, 6.45) is 4.83. The van der Waals surface area contributed by atoms with Crippen molar-refractivity contribution in [1.82, 2.24) is 0 Å². The number of hydrogen-bond donors (Lipinski definition) is 0. The molecule has 0 aliphatic rings. The highest BCUT2D eigenvalue weighted by Gasteiger charge is 2.08. The van der Waals surface area contributed by atoms with E-state index in [-0.39, 0.29) is 5.38 Å². The summed E-state index contributed by atoms with van der Waals surface area (Å²) in [6, 6.07) is 0. The van der Waals surface area contributed by atoms with Gasteiger partial charge in [-0.2, -0.15) is 0 Å². The monoisotopic (exact) mass is 294 g/mol. The van der Waals surface area contributed by atoms with E-state index < -0.39 is 4.84 Å². The quantitative estimate of drug-likeness (QED) is 0.473. The summed E-state index contributed by atoms with van der Waals surface area (Å²) in [5, 5.41) is -0.144. The Morgan fingerprint density at radius 2 is 1.86 bits per heavy atom. The molecule has 1 unspecified atom stereocenters. The summed E-state index contributed by atoms with van der Waals surface area (Å²) in [6.45, 7) is 0. The standard InChI is InChI=1S/C9H11Cl5/c10-5-3-7(1-2-9(13)14)8(12)4-6-11/h1,3,5,8-9H,2,4,6H2. The number of allylic oxidation sites excluding steroid dienone is 3. The van der Waals surface area contributed by atoms with Crippen molar-refractivity contribution in [3.63, 3.8) is 0 Å². The third kappa shape index (κ3) is 7.25. The molecular formula is C9H11Cl5. The summed E-state index contributed by atoms with van der Waals surface area (Å²) in [5.41, 5.74) is 2.31. The molecule has 0 nitrogen and oxygen atoms in total. The Bertz CT molecular complexity index is 197. The first-order valence-corrected chi connectivity index (χ1v) is 6.34. The Morgan fingerprint density at radius 1 is 1.21 bits per heavy atom. The molecule has 0 saturated carbocycles. The molecule has 0 spiro atoms. The van der Waals surface area contributed by atoms with Crippen LogP contribution in [0.5, 0.6) is 0 Å². The molecule has 0 bridgehead atoms. The van der Waals surface area contributed by atoms with E-state index in [1.54, 1.807) is 6.08 Å². The summed E-state index contributed by atoms with van der Waals surface area (Å²) < 4.78 is 0. The molecule has 82 valence electrons.